The normalized spacial score (nSPS) is 17.4. The largest absolute Gasteiger partial charge is 0.352 e. The molecular formula is C21H24N8. The van der Waals surface area contributed by atoms with Gasteiger partial charge in [-0.25, -0.2) is 9.97 Å². The monoisotopic (exact) mass is 388 g/mol. The molecular weight excluding hydrogens is 364 g/mol. The van der Waals surface area contributed by atoms with Gasteiger partial charge >= 0.3 is 0 Å². The molecule has 0 saturated carbocycles. The first kappa shape index (κ1) is 18.7. The Balaban J connectivity index is 1.54. The van der Waals surface area contributed by atoms with Crippen molar-refractivity contribution in [2.45, 2.75) is 26.8 Å². The quantitative estimate of drug-likeness (QED) is 0.398. The molecule has 1 fully saturated rings. The van der Waals surface area contributed by atoms with Gasteiger partial charge in [-0.1, -0.05) is 17.7 Å². The summed E-state index contributed by atoms with van der Waals surface area (Å²) in [7, 11) is 0. The molecule has 0 bridgehead atoms. The van der Waals surface area contributed by atoms with E-state index in [2.05, 4.69) is 48.9 Å². The molecule has 3 aromatic rings. The zero-order valence-corrected chi connectivity index (χ0v) is 16.8. The maximum absolute atomic E-state index is 9.20. The number of rotatable bonds is 2. The van der Waals surface area contributed by atoms with Crippen LogP contribution in [0.25, 0.3) is 11.0 Å². The molecule has 0 unspecified atom stereocenters. The number of aromatic amines is 1. The highest BCUT2D eigenvalue weighted by atomic mass is 15.4. The van der Waals surface area contributed by atoms with E-state index >= 15 is 0 Å². The Labute approximate surface area is 169 Å². The second-order valence-electron chi connectivity index (χ2n) is 7.41. The molecule has 8 heteroatoms. The fourth-order valence-electron chi connectivity index (χ4n) is 3.78. The zero-order chi connectivity index (χ0) is 20.4. The number of H-pyrrole nitrogens is 1. The van der Waals surface area contributed by atoms with Gasteiger partial charge < -0.3 is 20.1 Å². The van der Waals surface area contributed by atoms with Crippen LogP contribution in [0.5, 0.6) is 0 Å². The average Bonchev–Trinajstić information content (AvgIpc) is 3.10. The number of nitriles is 1. The lowest BCUT2D eigenvalue weighted by molar-refractivity contribution is 0.297. The summed E-state index contributed by atoms with van der Waals surface area (Å²) in [6, 6.07) is 8.21. The number of benzene rings is 1. The first-order valence-electron chi connectivity index (χ1n) is 9.67. The van der Waals surface area contributed by atoms with Crippen LogP contribution >= 0.6 is 0 Å². The van der Waals surface area contributed by atoms with E-state index in [-0.39, 0.29) is 6.04 Å². The van der Waals surface area contributed by atoms with Crippen molar-refractivity contribution in [1.29, 1.82) is 5.26 Å². The SMILES string of the molecule is Cc1ccc(N/C(=N\C#N)N2CCN(c3ncnc4[nH]cc(C)c34)C[C@@H]2C)cc1. The van der Waals surface area contributed by atoms with E-state index in [1.54, 1.807) is 6.33 Å². The number of nitrogens with one attached hydrogen (secondary N) is 2. The van der Waals surface area contributed by atoms with Gasteiger partial charge in [0, 0.05) is 37.6 Å². The van der Waals surface area contributed by atoms with Gasteiger partial charge in [0.1, 0.15) is 17.8 Å². The standard InChI is InChI=1S/C21H24N8/c1-14-4-6-17(7-5-14)27-21(24-12-22)29-9-8-28(11-16(29)3)20-18-15(2)10-23-19(18)25-13-26-20/h4-7,10,13,16H,8-9,11H2,1-3H3,(H,24,27)(H,23,25,26)/t16-/m0/s1. The lowest BCUT2D eigenvalue weighted by Gasteiger charge is -2.41. The number of hydrogen-bond acceptors (Lipinski definition) is 5. The molecule has 1 saturated heterocycles. The van der Waals surface area contributed by atoms with E-state index in [0.29, 0.717) is 5.96 Å². The Bertz CT molecular complexity index is 1080. The zero-order valence-electron chi connectivity index (χ0n) is 16.8. The van der Waals surface area contributed by atoms with Gasteiger partial charge in [0.25, 0.3) is 0 Å². The number of piperazine rings is 1. The van der Waals surface area contributed by atoms with Gasteiger partial charge in [-0.2, -0.15) is 5.26 Å². The van der Waals surface area contributed by atoms with Crippen molar-refractivity contribution in [1.82, 2.24) is 19.9 Å². The highest BCUT2D eigenvalue weighted by molar-refractivity contribution is 5.95. The molecule has 1 aromatic carbocycles. The van der Waals surface area contributed by atoms with Crippen molar-refractivity contribution < 1.29 is 0 Å². The first-order valence-corrected chi connectivity index (χ1v) is 9.67. The summed E-state index contributed by atoms with van der Waals surface area (Å²) in [6.45, 7) is 8.53. The number of fused-ring (bicyclic) bond motifs is 1. The summed E-state index contributed by atoms with van der Waals surface area (Å²) >= 11 is 0. The van der Waals surface area contributed by atoms with Crippen LogP contribution in [-0.2, 0) is 0 Å². The topological polar surface area (TPSA) is 96.2 Å². The molecule has 2 N–H and O–H groups in total. The molecule has 2 aromatic heterocycles. The smallest absolute Gasteiger partial charge is 0.214 e. The predicted octanol–water partition coefficient (Wildman–Crippen LogP) is 3.03. The summed E-state index contributed by atoms with van der Waals surface area (Å²) in [5.41, 5.74) is 4.10. The average molecular weight is 388 g/mol. The van der Waals surface area contributed by atoms with E-state index in [0.717, 1.165) is 47.7 Å². The molecule has 8 nitrogen and oxygen atoms in total. The molecule has 0 radical (unpaired) electrons. The van der Waals surface area contributed by atoms with Crippen molar-refractivity contribution >= 4 is 28.5 Å². The number of aliphatic imine (C=N–C) groups is 1. The van der Waals surface area contributed by atoms with Crippen LogP contribution in [0.3, 0.4) is 0 Å². The summed E-state index contributed by atoms with van der Waals surface area (Å²) in [5, 5.41) is 13.6. The number of aryl methyl sites for hydroxylation is 2. The number of anilines is 2. The molecule has 3 heterocycles. The molecule has 148 valence electrons. The first-order chi connectivity index (χ1) is 14.1. The van der Waals surface area contributed by atoms with Crippen LogP contribution in [0.15, 0.2) is 41.8 Å². The van der Waals surface area contributed by atoms with E-state index in [4.69, 9.17) is 0 Å². The third kappa shape index (κ3) is 3.72. The molecule has 29 heavy (non-hydrogen) atoms. The number of guanidine groups is 1. The summed E-state index contributed by atoms with van der Waals surface area (Å²) in [6.07, 6.45) is 5.50. The lowest BCUT2D eigenvalue weighted by atomic mass is 10.1. The fraction of sp³-hybridized carbons (Fsp3) is 0.333. The molecule has 0 aliphatic carbocycles. The van der Waals surface area contributed by atoms with Crippen molar-refractivity contribution in [3.8, 4) is 6.19 Å². The minimum Gasteiger partial charge on any atom is -0.352 e. The highest BCUT2D eigenvalue weighted by Gasteiger charge is 2.28. The van der Waals surface area contributed by atoms with Crippen molar-refractivity contribution in [2.24, 2.45) is 4.99 Å². The van der Waals surface area contributed by atoms with Gasteiger partial charge in [-0.3, -0.25) is 0 Å². The fourth-order valence-corrected chi connectivity index (χ4v) is 3.78. The van der Waals surface area contributed by atoms with Crippen molar-refractivity contribution in [3.05, 3.63) is 47.9 Å². The van der Waals surface area contributed by atoms with E-state index in [1.165, 1.54) is 5.56 Å². The Morgan fingerprint density at radius 2 is 2.03 bits per heavy atom. The minimum atomic E-state index is 0.151. The Kier molecular flexibility index (Phi) is 5.04. The van der Waals surface area contributed by atoms with Gasteiger partial charge in [-0.15, -0.1) is 4.99 Å². The van der Waals surface area contributed by atoms with Crippen LogP contribution < -0.4 is 10.2 Å². The van der Waals surface area contributed by atoms with Gasteiger partial charge in [-0.05, 0) is 38.5 Å². The maximum Gasteiger partial charge on any atom is 0.214 e. The van der Waals surface area contributed by atoms with Crippen LogP contribution in [0.4, 0.5) is 11.5 Å². The molecule has 1 aliphatic heterocycles. The van der Waals surface area contributed by atoms with Gasteiger partial charge in [0.2, 0.25) is 12.2 Å². The summed E-state index contributed by atoms with van der Waals surface area (Å²) in [5.74, 6) is 1.53. The predicted molar refractivity (Wildman–Crippen MR) is 115 cm³/mol. The van der Waals surface area contributed by atoms with Gasteiger partial charge in [0.15, 0.2) is 0 Å². The lowest BCUT2D eigenvalue weighted by Crippen LogP contribution is -2.56. The van der Waals surface area contributed by atoms with E-state index in [9.17, 15) is 5.26 Å². The molecule has 1 aliphatic rings. The molecule has 0 amide bonds. The maximum atomic E-state index is 9.20. The number of nitrogens with zero attached hydrogens (tertiary/aromatic N) is 6. The third-order valence-corrected chi connectivity index (χ3v) is 5.31. The summed E-state index contributed by atoms with van der Waals surface area (Å²) in [4.78, 5) is 20.6. The molecule has 0 spiro atoms. The minimum absolute atomic E-state index is 0.151. The second-order valence-corrected chi connectivity index (χ2v) is 7.41. The Morgan fingerprint density at radius 3 is 2.76 bits per heavy atom. The van der Waals surface area contributed by atoms with Crippen molar-refractivity contribution in [3.63, 3.8) is 0 Å². The third-order valence-electron chi connectivity index (χ3n) is 5.31. The van der Waals surface area contributed by atoms with Crippen LogP contribution in [0.1, 0.15) is 18.1 Å². The van der Waals surface area contributed by atoms with E-state index in [1.807, 2.05) is 43.6 Å². The Hall–Kier alpha value is -3.60. The van der Waals surface area contributed by atoms with E-state index < -0.39 is 0 Å². The Morgan fingerprint density at radius 1 is 1.24 bits per heavy atom. The highest BCUT2D eigenvalue weighted by Crippen LogP contribution is 2.27. The van der Waals surface area contributed by atoms with Crippen molar-refractivity contribution in [2.75, 3.05) is 29.9 Å². The molecule has 4 rings (SSSR count). The van der Waals surface area contributed by atoms with Crippen LogP contribution in [-0.4, -0.2) is 51.5 Å². The second kappa shape index (κ2) is 7.80. The number of hydrogen-bond donors (Lipinski definition) is 2. The molecule has 1 atom stereocenters. The summed E-state index contributed by atoms with van der Waals surface area (Å²) < 4.78 is 0. The van der Waals surface area contributed by atoms with Crippen LogP contribution in [0, 0.1) is 25.3 Å². The van der Waals surface area contributed by atoms with Gasteiger partial charge in [0.05, 0.1) is 5.39 Å². The number of aromatic nitrogens is 3. The van der Waals surface area contributed by atoms with Crippen LogP contribution in [0.2, 0.25) is 0 Å².